The summed E-state index contributed by atoms with van der Waals surface area (Å²) in [6, 6.07) is 1.94. The van der Waals surface area contributed by atoms with Crippen molar-refractivity contribution in [3.05, 3.63) is 21.0 Å². The first-order chi connectivity index (χ1) is 7.75. The zero-order valence-electron chi connectivity index (χ0n) is 8.67. The minimum absolute atomic E-state index is 0.149. The summed E-state index contributed by atoms with van der Waals surface area (Å²) in [6.07, 6.45) is 0.149. The third kappa shape index (κ3) is 3.56. The van der Waals surface area contributed by atoms with Crippen LogP contribution in [0.4, 0.5) is 0 Å². The molecule has 1 aliphatic heterocycles. The van der Waals surface area contributed by atoms with E-state index in [4.69, 9.17) is 13.9 Å². The maximum atomic E-state index is 5.51. The Kier molecular flexibility index (Phi) is 4.84. The number of furan rings is 1. The second-order valence-electron chi connectivity index (χ2n) is 3.53. The van der Waals surface area contributed by atoms with Gasteiger partial charge in [-0.2, -0.15) is 0 Å². The van der Waals surface area contributed by atoms with Gasteiger partial charge in [-0.15, -0.1) is 0 Å². The average molecular weight is 355 g/mol. The highest BCUT2D eigenvalue weighted by Gasteiger charge is 2.14. The number of halogens is 2. The summed E-state index contributed by atoms with van der Waals surface area (Å²) < 4.78 is 17.9. The van der Waals surface area contributed by atoms with Gasteiger partial charge in [0.25, 0.3) is 0 Å². The van der Waals surface area contributed by atoms with E-state index in [2.05, 4.69) is 37.2 Å². The Morgan fingerprint density at radius 3 is 2.88 bits per heavy atom. The van der Waals surface area contributed by atoms with Crippen LogP contribution in [0, 0.1) is 0 Å². The SMILES string of the molecule is Brc1cc(CNCC2COCCO2)oc1Br. The molecule has 16 heavy (non-hydrogen) atoms. The quantitative estimate of drug-likeness (QED) is 0.901. The first-order valence-corrected chi connectivity index (χ1v) is 6.68. The van der Waals surface area contributed by atoms with Crippen LogP contribution in [0.15, 0.2) is 19.6 Å². The molecular weight excluding hydrogens is 342 g/mol. The number of hydrogen-bond donors (Lipinski definition) is 1. The summed E-state index contributed by atoms with van der Waals surface area (Å²) >= 11 is 6.67. The Balaban J connectivity index is 1.71. The van der Waals surface area contributed by atoms with Crippen LogP contribution in [-0.4, -0.2) is 32.5 Å². The molecule has 1 aliphatic rings. The van der Waals surface area contributed by atoms with Gasteiger partial charge in [-0.3, -0.25) is 0 Å². The van der Waals surface area contributed by atoms with E-state index in [0.29, 0.717) is 26.4 Å². The van der Waals surface area contributed by atoms with Crippen molar-refractivity contribution >= 4 is 31.9 Å². The van der Waals surface area contributed by atoms with Crippen LogP contribution >= 0.6 is 31.9 Å². The van der Waals surface area contributed by atoms with E-state index in [9.17, 15) is 0 Å². The second kappa shape index (κ2) is 6.16. The molecule has 6 heteroatoms. The van der Waals surface area contributed by atoms with Crippen molar-refractivity contribution in [2.24, 2.45) is 0 Å². The first kappa shape index (κ1) is 12.6. The largest absolute Gasteiger partial charge is 0.452 e. The fourth-order valence-corrected chi connectivity index (χ4v) is 2.15. The third-order valence-electron chi connectivity index (χ3n) is 2.25. The molecule has 0 aliphatic carbocycles. The standard InChI is InChI=1S/C10H13Br2NO3/c11-9-3-7(16-10(9)12)4-13-5-8-6-14-1-2-15-8/h3,8,13H,1-2,4-6H2. The Morgan fingerprint density at radius 2 is 2.25 bits per heavy atom. The van der Waals surface area contributed by atoms with Gasteiger partial charge in [-0.25, -0.2) is 0 Å². The molecule has 1 aromatic heterocycles. The van der Waals surface area contributed by atoms with Gasteiger partial charge in [0, 0.05) is 6.54 Å². The molecule has 1 saturated heterocycles. The summed E-state index contributed by atoms with van der Waals surface area (Å²) in [4.78, 5) is 0. The van der Waals surface area contributed by atoms with Gasteiger partial charge < -0.3 is 19.2 Å². The lowest BCUT2D eigenvalue weighted by Crippen LogP contribution is -2.37. The van der Waals surface area contributed by atoms with Gasteiger partial charge in [0.15, 0.2) is 4.67 Å². The zero-order valence-corrected chi connectivity index (χ0v) is 11.8. The van der Waals surface area contributed by atoms with Crippen molar-refractivity contribution in [1.29, 1.82) is 0 Å². The Morgan fingerprint density at radius 1 is 1.38 bits per heavy atom. The zero-order chi connectivity index (χ0) is 11.4. The smallest absolute Gasteiger partial charge is 0.183 e. The van der Waals surface area contributed by atoms with Crippen LogP contribution in [0.25, 0.3) is 0 Å². The number of hydrogen-bond acceptors (Lipinski definition) is 4. The van der Waals surface area contributed by atoms with Gasteiger partial charge >= 0.3 is 0 Å². The van der Waals surface area contributed by atoms with Gasteiger partial charge in [0.05, 0.1) is 36.9 Å². The molecular formula is C10H13Br2NO3. The van der Waals surface area contributed by atoms with Crippen molar-refractivity contribution in [3.8, 4) is 0 Å². The monoisotopic (exact) mass is 353 g/mol. The van der Waals surface area contributed by atoms with Crippen molar-refractivity contribution in [2.75, 3.05) is 26.4 Å². The summed E-state index contributed by atoms with van der Waals surface area (Å²) in [7, 11) is 0. The molecule has 90 valence electrons. The van der Waals surface area contributed by atoms with Crippen LogP contribution in [-0.2, 0) is 16.0 Å². The lowest BCUT2D eigenvalue weighted by molar-refractivity contribution is -0.0865. The lowest BCUT2D eigenvalue weighted by Gasteiger charge is -2.22. The van der Waals surface area contributed by atoms with E-state index in [1.54, 1.807) is 0 Å². The van der Waals surface area contributed by atoms with E-state index in [1.807, 2.05) is 6.07 Å². The maximum absolute atomic E-state index is 5.51. The van der Waals surface area contributed by atoms with E-state index in [1.165, 1.54) is 0 Å². The molecule has 0 aromatic carbocycles. The summed E-state index contributed by atoms with van der Waals surface area (Å²) in [5, 5.41) is 3.27. The summed E-state index contributed by atoms with van der Waals surface area (Å²) in [5.41, 5.74) is 0. The minimum Gasteiger partial charge on any atom is -0.452 e. The summed E-state index contributed by atoms with van der Waals surface area (Å²) in [5.74, 6) is 0.885. The first-order valence-electron chi connectivity index (χ1n) is 5.09. The second-order valence-corrected chi connectivity index (χ2v) is 5.11. The third-order valence-corrected chi connectivity index (χ3v) is 3.96. The Bertz CT molecular complexity index is 317. The molecule has 0 spiro atoms. The molecule has 0 radical (unpaired) electrons. The highest BCUT2D eigenvalue weighted by molar-refractivity contribution is 9.13. The minimum atomic E-state index is 0.149. The molecule has 0 saturated carbocycles. The van der Waals surface area contributed by atoms with Gasteiger partial charge in [-0.05, 0) is 37.9 Å². The number of nitrogens with one attached hydrogen (secondary N) is 1. The van der Waals surface area contributed by atoms with Crippen LogP contribution in [0.2, 0.25) is 0 Å². The molecule has 1 aromatic rings. The van der Waals surface area contributed by atoms with Crippen molar-refractivity contribution < 1.29 is 13.9 Å². The van der Waals surface area contributed by atoms with Crippen LogP contribution in [0.3, 0.4) is 0 Å². The van der Waals surface area contributed by atoms with Crippen LogP contribution in [0.1, 0.15) is 5.76 Å². The van der Waals surface area contributed by atoms with E-state index < -0.39 is 0 Å². The molecule has 1 fully saturated rings. The Hall–Kier alpha value is 0.120. The van der Waals surface area contributed by atoms with E-state index in [0.717, 1.165) is 21.4 Å². The topological polar surface area (TPSA) is 43.6 Å². The van der Waals surface area contributed by atoms with E-state index in [-0.39, 0.29) is 6.10 Å². The van der Waals surface area contributed by atoms with Crippen LogP contribution < -0.4 is 5.32 Å². The van der Waals surface area contributed by atoms with Crippen molar-refractivity contribution in [1.82, 2.24) is 5.32 Å². The number of ether oxygens (including phenoxy) is 2. The predicted molar refractivity (Wildman–Crippen MR) is 66.4 cm³/mol. The maximum Gasteiger partial charge on any atom is 0.183 e. The summed E-state index contributed by atoms with van der Waals surface area (Å²) in [6.45, 7) is 3.51. The molecule has 1 atom stereocenters. The molecule has 1 unspecified atom stereocenters. The van der Waals surface area contributed by atoms with Gasteiger partial charge in [0.1, 0.15) is 5.76 Å². The molecule has 0 bridgehead atoms. The molecule has 1 N–H and O–H groups in total. The Labute approximate surface area is 111 Å². The molecule has 0 amide bonds. The fraction of sp³-hybridized carbons (Fsp3) is 0.600. The highest BCUT2D eigenvalue weighted by Crippen LogP contribution is 2.26. The lowest BCUT2D eigenvalue weighted by atomic mass is 10.3. The van der Waals surface area contributed by atoms with E-state index >= 15 is 0 Å². The molecule has 4 nitrogen and oxygen atoms in total. The van der Waals surface area contributed by atoms with Gasteiger partial charge in [-0.1, -0.05) is 0 Å². The average Bonchev–Trinajstić information content (AvgIpc) is 2.60. The highest BCUT2D eigenvalue weighted by atomic mass is 79.9. The van der Waals surface area contributed by atoms with Gasteiger partial charge in [0.2, 0.25) is 0 Å². The van der Waals surface area contributed by atoms with Crippen molar-refractivity contribution in [2.45, 2.75) is 12.6 Å². The molecule has 2 rings (SSSR count). The van der Waals surface area contributed by atoms with Crippen molar-refractivity contribution in [3.63, 3.8) is 0 Å². The predicted octanol–water partition coefficient (Wildman–Crippen LogP) is 2.31. The van der Waals surface area contributed by atoms with Crippen LogP contribution in [0.5, 0.6) is 0 Å². The fourth-order valence-electron chi connectivity index (χ4n) is 1.49. The normalized spacial score (nSPS) is 21.2. The molecule has 2 heterocycles. The number of rotatable bonds is 4.